The van der Waals surface area contributed by atoms with Crippen molar-refractivity contribution in [2.75, 3.05) is 7.11 Å². The maximum absolute atomic E-state index is 5.14. The third-order valence-corrected chi connectivity index (χ3v) is 1.94. The van der Waals surface area contributed by atoms with Crippen LogP contribution in [0.2, 0.25) is 0 Å². The van der Waals surface area contributed by atoms with Gasteiger partial charge in [0.2, 0.25) is 5.88 Å². The Morgan fingerprint density at radius 3 is 3.00 bits per heavy atom. The molecule has 2 heterocycles. The van der Waals surface area contributed by atoms with Gasteiger partial charge in [-0.25, -0.2) is 4.98 Å². The minimum Gasteiger partial charge on any atom is -0.481 e. The van der Waals surface area contributed by atoms with E-state index in [1.165, 1.54) is 0 Å². The molecule has 0 saturated heterocycles. The minimum atomic E-state index is 0.743. The lowest BCUT2D eigenvalue weighted by molar-refractivity contribution is 0.386. The van der Waals surface area contributed by atoms with Crippen molar-refractivity contribution in [3.8, 4) is 5.88 Å². The van der Waals surface area contributed by atoms with Gasteiger partial charge >= 0.3 is 0 Å². The van der Waals surface area contributed by atoms with Crippen LogP contribution >= 0.6 is 0 Å². The van der Waals surface area contributed by atoms with E-state index in [0.29, 0.717) is 0 Å². The van der Waals surface area contributed by atoms with Crippen molar-refractivity contribution in [2.45, 2.75) is 13.3 Å². The molecule has 4 heteroatoms. The Bertz CT molecular complexity index is 422. The van der Waals surface area contributed by atoms with Crippen LogP contribution in [0.4, 0.5) is 0 Å². The third kappa shape index (κ3) is 1.24. The lowest BCUT2D eigenvalue weighted by Crippen LogP contribution is -2.01. The molecule has 0 N–H and O–H groups in total. The molecule has 0 fully saturated rings. The average Bonchev–Trinajstić information content (AvgIpc) is 2.59. The van der Waals surface area contributed by atoms with E-state index in [9.17, 15) is 0 Å². The number of hydrogen-bond donors (Lipinski definition) is 0. The summed E-state index contributed by atoms with van der Waals surface area (Å²) in [6.07, 6.45) is 2.63. The highest BCUT2D eigenvalue weighted by molar-refractivity contribution is 5.48. The molecule has 2 aromatic heterocycles. The molecule has 0 aromatic carbocycles. The fourth-order valence-electron chi connectivity index (χ4n) is 1.23. The highest BCUT2D eigenvalue weighted by atomic mass is 16.5. The molecule has 0 saturated carbocycles. The molecule has 0 radical (unpaired) electrons. The second-order valence-corrected chi connectivity index (χ2v) is 2.74. The Labute approximate surface area is 76.2 Å². The van der Waals surface area contributed by atoms with Crippen molar-refractivity contribution in [1.29, 1.82) is 0 Å². The fraction of sp³-hybridized carbons (Fsp3) is 0.333. The SMILES string of the molecule is CCc1ncc2ccc(OC)n2n1. The molecule has 0 aliphatic carbocycles. The van der Waals surface area contributed by atoms with Gasteiger partial charge in [0.15, 0.2) is 0 Å². The third-order valence-electron chi connectivity index (χ3n) is 1.94. The predicted octanol–water partition coefficient (Wildman–Crippen LogP) is 1.30. The van der Waals surface area contributed by atoms with Crippen molar-refractivity contribution in [3.05, 3.63) is 24.2 Å². The van der Waals surface area contributed by atoms with Crippen molar-refractivity contribution < 1.29 is 4.74 Å². The predicted molar refractivity (Wildman–Crippen MR) is 48.9 cm³/mol. The van der Waals surface area contributed by atoms with Gasteiger partial charge in [0.05, 0.1) is 18.8 Å². The van der Waals surface area contributed by atoms with Gasteiger partial charge in [0.1, 0.15) is 5.82 Å². The van der Waals surface area contributed by atoms with Crippen LogP contribution < -0.4 is 4.74 Å². The Balaban J connectivity index is 2.64. The first kappa shape index (κ1) is 8.04. The van der Waals surface area contributed by atoms with Crippen LogP contribution in [0.3, 0.4) is 0 Å². The zero-order chi connectivity index (χ0) is 9.26. The van der Waals surface area contributed by atoms with Crippen LogP contribution in [0, 0.1) is 0 Å². The highest BCUT2D eigenvalue weighted by Crippen LogP contribution is 2.14. The number of hydrogen-bond acceptors (Lipinski definition) is 3. The van der Waals surface area contributed by atoms with E-state index < -0.39 is 0 Å². The van der Waals surface area contributed by atoms with Gasteiger partial charge in [-0.15, -0.1) is 5.10 Å². The van der Waals surface area contributed by atoms with Crippen LogP contribution in [0.15, 0.2) is 18.3 Å². The lowest BCUT2D eigenvalue weighted by atomic mass is 10.4. The van der Waals surface area contributed by atoms with Gasteiger partial charge in [-0.2, -0.15) is 4.52 Å². The van der Waals surface area contributed by atoms with Gasteiger partial charge in [-0.1, -0.05) is 6.92 Å². The number of methoxy groups -OCH3 is 1. The van der Waals surface area contributed by atoms with E-state index in [4.69, 9.17) is 4.74 Å². The summed E-state index contributed by atoms with van der Waals surface area (Å²) < 4.78 is 6.90. The van der Waals surface area contributed by atoms with Crippen LogP contribution in [0.1, 0.15) is 12.7 Å². The zero-order valence-corrected chi connectivity index (χ0v) is 7.69. The van der Waals surface area contributed by atoms with Crippen LogP contribution in [-0.2, 0) is 6.42 Å². The van der Waals surface area contributed by atoms with Crippen molar-refractivity contribution in [3.63, 3.8) is 0 Å². The number of nitrogens with zero attached hydrogens (tertiary/aromatic N) is 3. The zero-order valence-electron chi connectivity index (χ0n) is 7.69. The standard InChI is InChI=1S/C9H11N3O/c1-3-8-10-6-7-4-5-9(13-2)12(7)11-8/h4-6H,3H2,1-2H3. The maximum atomic E-state index is 5.14. The first-order chi connectivity index (χ1) is 6.35. The molecule has 68 valence electrons. The summed E-state index contributed by atoms with van der Waals surface area (Å²) in [5.41, 5.74) is 0.953. The summed E-state index contributed by atoms with van der Waals surface area (Å²) >= 11 is 0. The van der Waals surface area contributed by atoms with Crippen LogP contribution in [-0.4, -0.2) is 21.7 Å². The molecule has 0 spiro atoms. The average molecular weight is 177 g/mol. The Morgan fingerprint density at radius 1 is 1.46 bits per heavy atom. The van der Waals surface area contributed by atoms with E-state index in [1.54, 1.807) is 17.8 Å². The summed E-state index contributed by atoms with van der Waals surface area (Å²) in [5.74, 6) is 1.56. The Hall–Kier alpha value is -1.58. The lowest BCUT2D eigenvalue weighted by Gasteiger charge is -2.00. The molecular weight excluding hydrogens is 166 g/mol. The molecular formula is C9H11N3O. The Morgan fingerprint density at radius 2 is 2.31 bits per heavy atom. The molecule has 0 bridgehead atoms. The fourth-order valence-corrected chi connectivity index (χ4v) is 1.23. The van der Waals surface area contributed by atoms with Gasteiger partial charge < -0.3 is 4.74 Å². The van der Waals surface area contributed by atoms with E-state index in [1.807, 2.05) is 19.1 Å². The second-order valence-electron chi connectivity index (χ2n) is 2.74. The first-order valence-electron chi connectivity index (χ1n) is 4.23. The second kappa shape index (κ2) is 3.05. The van der Waals surface area contributed by atoms with Crippen molar-refractivity contribution in [1.82, 2.24) is 14.6 Å². The van der Waals surface area contributed by atoms with E-state index in [2.05, 4.69) is 10.1 Å². The molecule has 0 aliphatic rings. The molecule has 13 heavy (non-hydrogen) atoms. The number of aryl methyl sites for hydroxylation is 1. The van der Waals surface area contributed by atoms with Crippen molar-refractivity contribution >= 4 is 5.52 Å². The minimum absolute atomic E-state index is 0.743. The van der Waals surface area contributed by atoms with E-state index in [-0.39, 0.29) is 0 Å². The van der Waals surface area contributed by atoms with Crippen LogP contribution in [0.25, 0.3) is 5.52 Å². The maximum Gasteiger partial charge on any atom is 0.214 e. The number of rotatable bonds is 2. The molecule has 2 rings (SSSR count). The smallest absolute Gasteiger partial charge is 0.214 e. The normalized spacial score (nSPS) is 10.6. The van der Waals surface area contributed by atoms with Crippen molar-refractivity contribution in [2.24, 2.45) is 0 Å². The van der Waals surface area contributed by atoms with Gasteiger partial charge in [-0.3, -0.25) is 0 Å². The number of aromatic nitrogens is 3. The summed E-state index contributed by atoms with van der Waals surface area (Å²) in [5, 5.41) is 4.31. The van der Waals surface area contributed by atoms with E-state index in [0.717, 1.165) is 23.6 Å². The molecule has 2 aromatic rings. The van der Waals surface area contributed by atoms with Gasteiger partial charge in [0.25, 0.3) is 0 Å². The quantitative estimate of drug-likeness (QED) is 0.694. The Kier molecular flexibility index (Phi) is 1.88. The monoisotopic (exact) mass is 177 g/mol. The summed E-state index contributed by atoms with van der Waals surface area (Å²) in [4.78, 5) is 4.19. The number of ether oxygens (including phenoxy) is 1. The van der Waals surface area contributed by atoms with E-state index >= 15 is 0 Å². The summed E-state index contributed by atoms with van der Waals surface area (Å²) in [7, 11) is 1.63. The number of fused-ring (bicyclic) bond motifs is 1. The summed E-state index contributed by atoms with van der Waals surface area (Å²) in [6, 6.07) is 3.81. The molecule has 0 atom stereocenters. The van der Waals surface area contributed by atoms with Gasteiger partial charge in [-0.05, 0) is 6.07 Å². The topological polar surface area (TPSA) is 39.4 Å². The molecule has 0 unspecified atom stereocenters. The molecule has 4 nitrogen and oxygen atoms in total. The molecule has 0 amide bonds. The highest BCUT2D eigenvalue weighted by Gasteiger charge is 2.03. The summed E-state index contributed by atoms with van der Waals surface area (Å²) in [6.45, 7) is 2.02. The first-order valence-corrected chi connectivity index (χ1v) is 4.23. The van der Waals surface area contributed by atoms with Crippen LogP contribution in [0.5, 0.6) is 5.88 Å². The largest absolute Gasteiger partial charge is 0.481 e. The molecule has 0 aliphatic heterocycles. The van der Waals surface area contributed by atoms with Gasteiger partial charge in [0, 0.05) is 12.5 Å².